The maximum Gasteiger partial charge on any atom is 0.0766 e. The minimum absolute atomic E-state index is 0.228. The van der Waals surface area contributed by atoms with Crippen molar-refractivity contribution in [1.82, 2.24) is 10.3 Å². The third-order valence-corrected chi connectivity index (χ3v) is 3.98. The fourth-order valence-electron chi connectivity index (χ4n) is 2.06. The summed E-state index contributed by atoms with van der Waals surface area (Å²) in [4.78, 5) is 4.16. The third kappa shape index (κ3) is 4.38. The molecule has 3 heteroatoms. The second kappa shape index (κ2) is 6.83. The van der Waals surface area contributed by atoms with Crippen molar-refractivity contribution in [2.75, 3.05) is 6.54 Å². The van der Waals surface area contributed by atoms with E-state index in [1.807, 2.05) is 33.0 Å². The summed E-state index contributed by atoms with van der Waals surface area (Å²) in [5.41, 5.74) is 2.81. The predicted molar refractivity (Wildman–Crippen MR) is 86.8 cm³/mol. The lowest BCUT2D eigenvalue weighted by Gasteiger charge is -2.28. The Hall–Kier alpha value is -1.71. The van der Waals surface area contributed by atoms with Crippen LogP contribution in [0.5, 0.6) is 0 Å². The van der Waals surface area contributed by atoms with Crippen molar-refractivity contribution in [3.8, 4) is 11.1 Å². The first-order valence-electron chi connectivity index (χ1n) is 7.41. The Labute approximate surface area is 127 Å². The van der Waals surface area contributed by atoms with Gasteiger partial charge < -0.3 is 10.4 Å². The van der Waals surface area contributed by atoms with Gasteiger partial charge in [-0.1, -0.05) is 38.1 Å². The molecule has 0 saturated carbocycles. The average Bonchev–Trinajstić information content (AvgIpc) is 2.48. The number of nitrogens with zero attached hydrogens (tertiary/aromatic N) is 1. The molecule has 0 aliphatic rings. The van der Waals surface area contributed by atoms with Crippen LogP contribution in [0.3, 0.4) is 0 Å². The molecule has 0 aliphatic heterocycles. The molecule has 1 aromatic heterocycles. The number of benzene rings is 1. The first-order valence-corrected chi connectivity index (χ1v) is 7.41. The van der Waals surface area contributed by atoms with Crippen molar-refractivity contribution in [3.63, 3.8) is 0 Å². The van der Waals surface area contributed by atoms with E-state index >= 15 is 0 Å². The number of pyridine rings is 1. The lowest BCUT2D eigenvalue weighted by Crippen LogP contribution is -2.41. The van der Waals surface area contributed by atoms with Gasteiger partial charge >= 0.3 is 0 Å². The van der Waals surface area contributed by atoms with Crippen LogP contribution in [0.4, 0.5) is 0 Å². The van der Waals surface area contributed by atoms with Crippen LogP contribution < -0.4 is 5.32 Å². The molecule has 2 N–H and O–H groups in total. The summed E-state index contributed by atoms with van der Waals surface area (Å²) in [6, 6.07) is 12.4. The summed E-state index contributed by atoms with van der Waals surface area (Å²) in [6.07, 6.45) is 3.65. The molecule has 2 rings (SSSR count). The van der Waals surface area contributed by atoms with Crippen molar-refractivity contribution >= 4 is 0 Å². The van der Waals surface area contributed by atoms with Gasteiger partial charge in [-0.15, -0.1) is 0 Å². The smallest absolute Gasteiger partial charge is 0.0766 e. The molecule has 1 atom stereocenters. The first kappa shape index (κ1) is 15.7. The van der Waals surface area contributed by atoms with E-state index in [9.17, 15) is 5.11 Å². The Morgan fingerprint density at radius 3 is 2.62 bits per heavy atom. The minimum Gasteiger partial charge on any atom is -0.389 e. The molecule has 0 saturated heterocycles. The SMILES string of the molecule is CC(C)C(C)(O)CNCc1cccc(-c2cccnc2)c1. The van der Waals surface area contributed by atoms with E-state index in [1.54, 1.807) is 6.20 Å². The van der Waals surface area contributed by atoms with E-state index in [2.05, 4.69) is 40.6 Å². The number of aliphatic hydroxyl groups is 1. The Kier molecular flexibility index (Phi) is 5.10. The van der Waals surface area contributed by atoms with Crippen molar-refractivity contribution < 1.29 is 5.11 Å². The number of aromatic nitrogens is 1. The van der Waals surface area contributed by atoms with Crippen molar-refractivity contribution in [2.45, 2.75) is 32.9 Å². The van der Waals surface area contributed by atoms with Crippen LogP contribution in [0.2, 0.25) is 0 Å². The van der Waals surface area contributed by atoms with Gasteiger partial charge in [-0.2, -0.15) is 0 Å². The zero-order valence-electron chi connectivity index (χ0n) is 13.0. The maximum atomic E-state index is 10.2. The van der Waals surface area contributed by atoms with E-state index in [4.69, 9.17) is 0 Å². The van der Waals surface area contributed by atoms with Crippen molar-refractivity contribution in [2.24, 2.45) is 5.92 Å². The van der Waals surface area contributed by atoms with E-state index in [1.165, 1.54) is 5.56 Å². The quantitative estimate of drug-likeness (QED) is 0.856. The van der Waals surface area contributed by atoms with Crippen LogP contribution in [-0.4, -0.2) is 22.2 Å². The molecule has 112 valence electrons. The lowest BCUT2D eigenvalue weighted by atomic mass is 9.92. The van der Waals surface area contributed by atoms with E-state index in [0.717, 1.165) is 17.7 Å². The Bertz CT molecular complexity index is 564. The van der Waals surface area contributed by atoms with Gasteiger partial charge in [-0.05, 0) is 41.7 Å². The topological polar surface area (TPSA) is 45.1 Å². The molecule has 0 bridgehead atoms. The summed E-state index contributed by atoms with van der Waals surface area (Å²) in [7, 11) is 0. The number of hydrogen-bond acceptors (Lipinski definition) is 3. The highest BCUT2D eigenvalue weighted by Gasteiger charge is 2.23. The van der Waals surface area contributed by atoms with Crippen LogP contribution >= 0.6 is 0 Å². The minimum atomic E-state index is -0.680. The molecule has 0 spiro atoms. The van der Waals surface area contributed by atoms with Gasteiger partial charge in [0.25, 0.3) is 0 Å². The predicted octanol–water partition coefficient (Wildman–Crippen LogP) is 3.25. The molecule has 2 aromatic rings. The van der Waals surface area contributed by atoms with Gasteiger partial charge in [-0.25, -0.2) is 0 Å². The van der Waals surface area contributed by atoms with E-state index in [0.29, 0.717) is 6.54 Å². The maximum absolute atomic E-state index is 10.2. The highest BCUT2D eigenvalue weighted by Crippen LogP contribution is 2.19. The van der Waals surface area contributed by atoms with Gasteiger partial charge in [0.1, 0.15) is 0 Å². The fourth-order valence-corrected chi connectivity index (χ4v) is 2.06. The summed E-state index contributed by atoms with van der Waals surface area (Å²) in [5, 5.41) is 13.6. The summed E-state index contributed by atoms with van der Waals surface area (Å²) in [6.45, 7) is 7.27. The van der Waals surface area contributed by atoms with Gasteiger partial charge in [0.05, 0.1) is 5.60 Å². The second-order valence-corrected chi connectivity index (χ2v) is 6.06. The largest absolute Gasteiger partial charge is 0.389 e. The molecule has 1 heterocycles. The van der Waals surface area contributed by atoms with Crippen molar-refractivity contribution in [3.05, 3.63) is 54.4 Å². The lowest BCUT2D eigenvalue weighted by molar-refractivity contribution is 0.0140. The van der Waals surface area contributed by atoms with Crippen LogP contribution in [0.1, 0.15) is 26.3 Å². The van der Waals surface area contributed by atoms with Gasteiger partial charge in [-0.3, -0.25) is 4.98 Å². The molecular weight excluding hydrogens is 260 g/mol. The van der Waals surface area contributed by atoms with Crippen LogP contribution in [0.25, 0.3) is 11.1 Å². The molecular formula is C18H24N2O. The molecule has 0 fully saturated rings. The van der Waals surface area contributed by atoms with Crippen LogP contribution in [0.15, 0.2) is 48.8 Å². The zero-order valence-corrected chi connectivity index (χ0v) is 13.0. The third-order valence-electron chi connectivity index (χ3n) is 3.98. The van der Waals surface area contributed by atoms with Crippen LogP contribution in [0, 0.1) is 5.92 Å². The fraction of sp³-hybridized carbons (Fsp3) is 0.389. The Balaban J connectivity index is 1.99. The van der Waals surface area contributed by atoms with Gasteiger partial charge in [0.2, 0.25) is 0 Å². The van der Waals surface area contributed by atoms with Gasteiger partial charge in [0, 0.05) is 25.5 Å². The zero-order chi connectivity index (χ0) is 15.3. The molecule has 3 nitrogen and oxygen atoms in total. The first-order chi connectivity index (χ1) is 9.99. The highest BCUT2D eigenvalue weighted by atomic mass is 16.3. The summed E-state index contributed by atoms with van der Waals surface area (Å²) in [5.74, 6) is 0.228. The van der Waals surface area contributed by atoms with Gasteiger partial charge in [0.15, 0.2) is 0 Å². The molecule has 0 aliphatic carbocycles. The number of nitrogens with one attached hydrogen (secondary N) is 1. The normalized spacial score (nSPS) is 14.1. The number of rotatable bonds is 6. The summed E-state index contributed by atoms with van der Waals surface area (Å²) < 4.78 is 0. The number of hydrogen-bond donors (Lipinski definition) is 2. The standard InChI is InChI=1S/C18H24N2O/c1-14(2)18(3,21)13-20-11-15-6-4-7-16(10-15)17-8-5-9-19-12-17/h4-10,12,14,20-21H,11,13H2,1-3H3. The highest BCUT2D eigenvalue weighted by molar-refractivity contribution is 5.62. The Morgan fingerprint density at radius 2 is 1.95 bits per heavy atom. The molecule has 0 amide bonds. The molecule has 1 unspecified atom stereocenters. The van der Waals surface area contributed by atoms with Crippen molar-refractivity contribution in [1.29, 1.82) is 0 Å². The summed E-state index contributed by atoms with van der Waals surface area (Å²) >= 11 is 0. The molecule has 21 heavy (non-hydrogen) atoms. The Morgan fingerprint density at radius 1 is 1.19 bits per heavy atom. The monoisotopic (exact) mass is 284 g/mol. The second-order valence-electron chi connectivity index (χ2n) is 6.06. The average molecular weight is 284 g/mol. The molecule has 0 radical (unpaired) electrons. The molecule has 1 aromatic carbocycles. The van der Waals surface area contributed by atoms with E-state index in [-0.39, 0.29) is 5.92 Å². The van der Waals surface area contributed by atoms with E-state index < -0.39 is 5.60 Å². The van der Waals surface area contributed by atoms with Crippen LogP contribution in [-0.2, 0) is 6.54 Å².